The van der Waals surface area contributed by atoms with Crippen LogP contribution in [0.3, 0.4) is 0 Å². The number of hydrogen-bond donors (Lipinski definition) is 2. The molecule has 0 amide bonds. The minimum atomic E-state index is -0.606. The first-order chi connectivity index (χ1) is 7.75. The third-order valence-electron chi connectivity index (χ3n) is 4.11. The summed E-state index contributed by atoms with van der Waals surface area (Å²) in [4.78, 5) is 10.9. The maximum absolute atomic E-state index is 10.9. The average molecular weight is 225 g/mol. The summed E-state index contributed by atoms with van der Waals surface area (Å²) in [5.41, 5.74) is 0. The van der Waals surface area contributed by atoms with Crippen molar-refractivity contribution in [3.63, 3.8) is 0 Å². The van der Waals surface area contributed by atoms with Crippen LogP contribution < -0.4 is 5.32 Å². The molecule has 0 aromatic rings. The van der Waals surface area contributed by atoms with Gasteiger partial charge in [0.1, 0.15) is 0 Å². The van der Waals surface area contributed by atoms with E-state index in [1.54, 1.807) is 0 Å². The van der Waals surface area contributed by atoms with Crippen LogP contribution in [0.15, 0.2) is 0 Å². The third kappa shape index (κ3) is 3.21. The molecule has 0 saturated heterocycles. The Morgan fingerprint density at radius 2 is 1.62 bits per heavy atom. The van der Waals surface area contributed by atoms with Crippen LogP contribution in [0.1, 0.15) is 57.8 Å². The lowest BCUT2D eigenvalue weighted by molar-refractivity contribution is -0.141. The molecule has 0 spiro atoms. The van der Waals surface area contributed by atoms with E-state index < -0.39 is 5.97 Å². The SMILES string of the molecule is O=C(O)[C@@H]1CC[C@H](NC2CCCCCC2)C1. The zero-order valence-corrected chi connectivity index (χ0v) is 9.95. The van der Waals surface area contributed by atoms with Crippen LogP contribution in [0.25, 0.3) is 0 Å². The third-order valence-corrected chi connectivity index (χ3v) is 4.11. The summed E-state index contributed by atoms with van der Waals surface area (Å²) in [5, 5.41) is 12.6. The predicted molar refractivity (Wildman–Crippen MR) is 63.4 cm³/mol. The molecule has 2 fully saturated rings. The quantitative estimate of drug-likeness (QED) is 0.726. The van der Waals surface area contributed by atoms with E-state index in [2.05, 4.69) is 5.32 Å². The summed E-state index contributed by atoms with van der Waals surface area (Å²) in [6.07, 6.45) is 10.8. The van der Waals surface area contributed by atoms with Gasteiger partial charge < -0.3 is 10.4 Å². The first kappa shape index (κ1) is 11.9. The highest BCUT2D eigenvalue weighted by atomic mass is 16.4. The van der Waals surface area contributed by atoms with Gasteiger partial charge in [-0.1, -0.05) is 25.7 Å². The van der Waals surface area contributed by atoms with Crippen molar-refractivity contribution in [2.24, 2.45) is 5.92 Å². The van der Waals surface area contributed by atoms with E-state index in [0.717, 1.165) is 19.3 Å². The molecule has 92 valence electrons. The van der Waals surface area contributed by atoms with Crippen molar-refractivity contribution >= 4 is 5.97 Å². The normalized spacial score (nSPS) is 32.5. The predicted octanol–water partition coefficient (Wildman–Crippen LogP) is 2.55. The van der Waals surface area contributed by atoms with Crippen molar-refractivity contribution in [2.75, 3.05) is 0 Å². The fraction of sp³-hybridized carbons (Fsp3) is 0.923. The van der Waals surface area contributed by atoms with Gasteiger partial charge in [0.15, 0.2) is 0 Å². The lowest BCUT2D eigenvalue weighted by Crippen LogP contribution is -2.36. The smallest absolute Gasteiger partial charge is 0.306 e. The number of aliphatic carboxylic acids is 1. The fourth-order valence-corrected chi connectivity index (χ4v) is 3.14. The minimum Gasteiger partial charge on any atom is -0.481 e. The van der Waals surface area contributed by atoms with Gasteiger partial charge in [0.2, 0.25) is 0 Å². The first-order valence-corrected chi connectivity index (χ1v) is 6.74. The van der Waals surface area contributed by atoms with Gasteiger partial charge in [0, 0.05) is 12.1 Å². The van der Waals surface area contributed by atoms with E-state index in [4.69, 9.17) is 5.11 Å². The Morgan fingerprint density at radius 3 is 2.19 bits per heavy atom. The van der Waals surface area contributed by atoms with Gasteiger partial charge in [-0.15, -0.1) is 0 Å². The molecule has 2 saturated carbocycles. The van der Waals surface area contributed by atoms with Gasteiger partial charge in [0.05, 0.1) is 5.92 Å². The number of nitrogens with one attached hydrogen (secondary N) is 1. The van der Waals surface area contributed by atoms with Crippen molar-refractivity contribution in [1.29, 1.82) is 0 Å². The van der Waals surface area contributed by atoms with Crippen molar-refractivity contribution < 1.29 is 9.90 Å². The lowest BCUT2D eigenvalue weighted by atomic mass is 10.1. The molecule has 2 aliphatic rings. The maximum Gasteiger partial charge on any atom is 0.306 e. The molecule has 0 aromatic carbocycles. The van der Waals surface area contributed by atoms with Crippen molar-refractivity contribution in [3.8, 4) is 0 Å². The van der Waals surface area contributed by atoms with Crippen LogP contribution in [0, 0.1) is 5.92 Å². The molecule has 3 heteroatoms. The Bertz CT molecular complexity index is 234. The van der Waals surface area contributed by atoms with Gasteiger partial charge >= 0.3 is 5.97 Å². The monoisotopic (exact) mass is 225 g/mol. The minimum absolute atomic E-state index is 0.0942. The van der Waals surface area contributed by atoms with E-state index >= 15 is 0 Å². The molecule has 2 N–H and O–H groups in total. The highest BCUT2D eigenvalue weighted by Crippen LogP contribution is 2.27. The average Bonchev–Trinajstić information content (AvgIpc) is 2.56. The molecule has 0 aromatic heterocycles. The standard InChI is InChI=1S/C13H23NO2/c15-13(16)10-7-8-12(9-10)14-11-5-3-1-2-4-6-11/h10-12,14H,1-9H2,(H,15,16)/t10-,12+/m1/s1. The lowest BCUT2D eigenvalue weighted by Gasteiger charge is -2.21. The second kappa shape index (κ2) is 5.67. The zero-order valence-electron chi connectivity index (χ0n) is 9.95. The van der Waals surface area contributed by atoms with E-state index in [0.29, 0.717) is 12.1 Å². The summed E-state index contributed by atoms with van der Waals surface area (Å²) in [7, 11) is 0. The van der Waals surface area contributed by atoms with Gasteiger partial charge in [-0.2, -0.15) is 0 Å². The van der Waals surface area contributed by atoms with Crippen molar-refractivity contribution in [2.45, 2.75) is 69.9 Å². The number of rotatable bonds is 3. The summed E-state index contributed by atoms with van der Waals surface area (Å²) in [6.45, 7) is 0. The molecule has 2 aliphatic carbocycles. The van der Waals surface area contributed by atoms with Crippen molar-refractivity contribution in [3.05, 3.63) is 0 Å². The Morgan fingerprint density at radius 1 is 0.938 bits per heavy atom. The number of hydrogen-bond acceptors (Lipinski definition) is 2. The Kier molecular flexibility index (Phi) is 4.22. The van der Waals surface area contributed by atoms with Crippen molar-refractivity contribution in [1.82, 2.24) is 5.32 Å². The molecular weight excluding hydrogens is 202 g/mol. The number of carboxylic acid groups (broad SMARTS) is 1. The van der Waals surface area contributed by atoms with Crippen LogP contribution in [0.2, 0.25) is 0 Å². The molecule has 2 rings (SSSR count). The molecular formula is C13H23NO2. The van der Waals surface area contributed by atoms with E-state index in [1.165, 1.54) is 38.5 Å². The van der Waals surface area contributed by atoms with Crippen LogP contribution >= 0.6 is 0 Å². The van der Waals surface area contributed by atoms with E-state index in [-0.39, 0.29) is 5.92 Å². The Hall–Kier alpha value is -0.570. The summed E-state index contributed by atoms with van der Waals surface area (Å²) < 4.78 is 0. The topological polar surface area (TPSA) is 49.3 Å². The molecule has 2 atom stereocenters. The second-order valence-electron chi connectivity index (χ2n) is 5.40. The molecule has 0 radical (unpaired) electrons. The number of carbonyl (C=O) groups is 1. The summed E-state index contributed by atoms with van der Waals surface area (Å²) in [5.74, 6) is -0.701. The fourth-order valence-electron chi connectivity index (χ4n) is 3.14. The highest BCUT2D eigenvalue weighted by molar-refractivity contribution is 5.70. The van der Waals surface area contributed by atoms with Crippen LogP contribution in [0.4, 0.5) is 0 Å². The number of carboxylic acids is 1. The van der Waals surface area contributed by atoms with Crippen LogP contribution in [-0.4, -0.2) is 23.2 Å². The molecule has 0 heterocycles. The molecule has 0 bridgehead atoms. The zero-order chi connectivity index (χ0) is 11.4. The molecule has 16 heavy (non-hydrogen) atoms. The summed E-state index contributed by atoms with van der Waals surface area (Å²) >= 11 is 0. The van der Waals surface area contributed by atoms with E-state index in [1.807, 2.05) is 0 Å². The van der Waals surface area contributed by atoms with Gasteiger partial charge in [-0.25, -0.2) is 0 Å². The van der Waals surface area contributed by atoms with Crippen LogP contribution in [0.5, 0.6) is 0 Å². The molecule has 0 unspecified atom stereocenters. The van der Waals surface area contributed by atoms with E-state index in [9.17, 15) is 4.79 Å². The van der Waals surface area contributed by atoms with Gasteiger partial charge in [0.25, 0.3) is 0 Å². The Labute approximate surface area is 97.6 Å². The summed E-state index contributed by atoms with van der Waals surface area (Å²) in [6, 6.07) is 1.12. The second-order valence-corrected chi connectivity index (χ2v) is 5.40. The van der Waals surface area contributed by atoms with Gasteiger partial charge in [-0.05, 0) is 32.1 Å². The molecule has 3 nitrogen and oxygen atoms in total. The van der Waals surface area contributed by atoms with Gasteiger partial charge in [-0.3, -0.25) is 4.79 Å². The maximum atomic E-state index is 10.9. The first-order valence-electron chi connectivity index (χ1n) is 6.74. The van der Waals surface area contributed by atoms with Crippen LogP contribution in [-0.2, 0) is 4.79 Å². The largest absolute Gasteiger partial charge is 0.481 e. The molecule has 0 aliphatic heterocycles. The highest BCUT2D eigenvalue weighted by Gasteiger charge is 2.30. The Balaban J connectivity index is 1.75.